The first-order valence-electron chi connectivity index (χ1n) is 7.67. The highest BCUT2D eigenvalue weighted by atomic mass is 35.5. The summed E-state index contributed by atoms with van der Waals surface area (Å²) in [6.07, 6.45) is -3.37. The number of anilines is 1. The molecule has 1 aliphatic heterocycles. The molecule has 0 saturated carbocycles. The fraction of sp³-hybridized carbons (Fsp3) is 0.167. The third-order valence-electron chi connectivity index (χ3n) is 4.15. The first-order chi connectivity index (χ1) is 12.7. The van der Waals surface area contributed by atoms with Crippen molar-refractivity contribution in [2.75, 3.05) is 5.32 Å². The molecule has 1 atom stereocenters. The lowest BCUT2D eigenvalue weighted by atomic mass is 9.91. The second-order valence-corrected chi connectivity index (χ2v) is 6.82. The maximum atomic E-state index is 14.0. The van der Waals surface area contributed by atoms with Crippen molar-refractivity contribution in [3.05, 3.63) is 69.2 Å². The van der Waals surface area contributed by atoms with E-state index in [1.165, 1.54) is 6.07 Å². The fourth-order valence-corrected chi connectivity index (χ4v) is 3.29. The molecule has 0 aliphatic carbocycles. The van der Waals surface area contributed by atoms with Gasteiger partial charge >= 0.3 is 6.18 Å². The molecule has 9 heteroatoms. The molecule has 1 amide bonds. The quantitative estimate of drug-likeness (QED) is 0.673. The number of hydroxylamine groups is 1. The number of hydrogen-bond donors (Lipinski definition) is 2. The minimum Gasteiger partial charge on any atom is -0.328 e. The van der Waals surface area contributed by atoms with Crippen LogP contribution < -0.4 is 10.8 Å². The number of halogens is 5. The Morgan fingerprint density at radius 1 is 1.15 bits per heavy atom. The van der Waals surface area contributed by atoms with Gasteiger partial charge < -0.3 is 5.32 Å². The van der Waals surface area contributed by atoms with Gasteiger partial charge in [-0.3, -0.25) is 15.1 Å². The van der Waals surface area contributed by atoms with Crippen molar-refractivity contribution in [2.24, 2.45) is 0 Å². The summed E-state index contributed by atoms with van der Waals surface area (Å²) in [7, 11) is 0. The number of benzene rings is 2. The van der Waals surface area contributed by atoms with Gasteiger partial charge in [0.2, 0.25) is 12.0 Å². The normalized spacial score (nSPS) is 19.4. The molecule has 4 nitrogen and oxygen atoms in total. The van der Waals surface area contributed by atoms with E-state index in [0.29, 0.717) is 17.7 Å². The largest absolute Gasteiger partial charge is 0.428 e. The number of nitrogens with one attached hydrogen (secondary N) is 2. The lowest BCUT2D eigenvalue weighted by Crippen LogP contribution is -2.42. The summed E-state index contributed by atoms with van der Waals surface area (Å²) >= 11 is 11.8. The molecule has 0 fully saturated rings. The SMILES string of the molecule is Cc1ccc(C2=CC(c3cc(Cl)cc(Cl)c3)(C(F)(F)F)ON2)cc1NC=O. The second kappa shape index (κ2) is 7.07. The van der Waals surface area contributed by atoms with Crippen molar-refractivity contribution >= 4 is 41.0 Å². The molecule has 0 spiro atoms. The molecule has 27 heavy (non-hydrogen) atoms. The topological polar surface area (TPSA) is 50.4 Å². The molecule has 0 aromatic heterocycles. The first-order valence-corrected chi connectivity index (χ1v) is 8.43. The summed E-state index contributed by atoms with van der Waals surface area (Å²) in [6.45, 7) is 1.76. The summed E-state index contributed by atoms with van der Waals surface area (Å²) in [5, 5.41) is 2.61. The van der Waals surface area contributed by atoms with Gasteiger partial charge in [-0.25, -0.2) is 0 Å². The number of carbonyl (C=O) groups is 1. The zero-order valence-corrected chi connectivity index (χ0v) is 15.3. The molecule has 1 heterocycles. The minimum absolute atomic E-state index is 0.0550. The van der Waals surface area contributed by atoms with E-state index in [-0.39, 0.29) is 21.3 Å². The molecule has 2 aromatic carbocycles. The van der Waals surface area contributed by atoms with Gasteiger partial charge in [-0.1, -0.05) is 35.3 Å². The van der Waals surface area contributed by atoms with E-state index in [0.717, 1.165) is 23.8 Å². The highest BCUT2D eigenvalue weighted by Gasteiger charge is 2.59. The average Bonchev–Trinajstić information content (AvgIpc) is 3.03. The lowest BCUT2D eigenvalue weighted by molar-refractivity contribution is -0.269. The maximum Gasteiger partial charge on any atom is 0.428 e. The highest BCUT2D eigenvalue weighted by Crippen LogP contribution is 2.48. The van der Waals surface area contributed by atoms with Gasteiger partial charge in [-0.2, -0.15) is 13.2 Å². The van der Waals surface area contributed by atoms with Gasteiger partial charge in [-0.05, 0) is 42.8 Å². The Bertz CT molecular complexity index is 911. The third-order valence-corrected chi connectivity index (χ3v) is 4.58. The lowest BCUT2D eigenvalue weighted by Gasteiger charge is -2.28. The van der Waals surface area contributed by atoms with Gasteiger partial charge in [-0.15, -0.1) is 0 Å². The van der Waals surface area contributed by atoms with Crippen LogP contribution in [0.5, 0.6) is 0 Å². The average molecular weight is 417 g/mol. The molecule has 0 saturated heterocycles. The predicted molar refractivity (Wildman–Crippen MR) is 97.3 cm³/mol. The smallest absolute Gasteiger partial charge is 0.328 e. The van der Waals surface area contributed by atoms with Crippen LogP contribution in [0.1, 0.15) is 16.7 Å². The Labute approximate surface area is 162 Å². The van der Waals surface area contributed by atoms with E-state index in [1.807, 2.05) is 0 Å². The molecule has 1 unspecified atom stereocenters. The van der Waals surface area contributed by atoms with Crippen molar-refractivity contribution in [1.82, 2.24) is 5.48 Å². The number of hydrogen-bond acceptors (Lipinski definition) is 3. The molecular formula is C18H13Cl2F3N2O2. The Balaban J connectivity index is 2.12. The summed E-state index contributed by atoms with van der Waals surface area (Å²) in [6, 6.07) is 8.47. The number of aryl methyl sites for hydroxylation is 1. The van der Waals surface area contributed by atoms with Gasteiger partial charge in [0.05, 0.1) is 5.70 Å². The van der Waals surface area contributed by atoms with E-state index >= 15 is 0 Å². The zero-order chi connectivity index (χ0) is 19.8. The van der Waals surface area contributed by atoms with E-state index in [4.69, 9.17) is 28.0 Å². The molecule has 1 aliphatic rings. The highest BCUT2D eigenvalue weighted by molar-refractivity contribution is 6.34. The Morgan fingerprint density at radius 2 is 1.81 bits per heavy atom. The third kappa shape index (κ3) is 3.63. The van der Waals surface area contributed by atoms with Crippen molar-refractivity contribution in [3.8, 4) is 0 Å². The predicted octanol–water partition coefficient (Wildman–Crippen LogP) is 5.20. The first kappa shape index (κ1) is 19.5. The van der Waals surface area contributed by atoms with E-state index in [2.05, 4.69) is 10.8 Å². The molecule has 3 rings (SSSR count). The number of rotatable bonds is 4. The summed E-state index contributed by atoms with van der Waals surface area (Å²) in [5.41, 5.74) is 1.05. The van der Waals surface area contributed by atoms with Crippen LogP contribution in [0.3, 0.4) is 0 Å². The van der Waals surface area contributed by atoms with Crippen molar-refractivity contribution in [2.45, 2.75) is 18.7 Å². The Morgan fingerprint density at radius 3 is 2.41 bits per heavy atom. The molecule has 0 radical (unpaired) electrons. The molecular weight excluding hydrogens is 404 g/mol. The maximum absolute atomic E-state index is 14.0. The van der Waals surface area contributed by atoms with Crippen LogP contribution >= 0.6 is 23.2 Å². The summed E-state index contributed by atoms with van der Waals surface area (Å²) in [5.74, 6) is 0. The van der Waals surface area contributed by atoms with Crippen LogP contribution in [0.2, 0.25) is 10.0 Å². The minimum atomic E-state index is -4.79. The van der Waals surface area contributed by atoms with E-state index < -0.39 is 11.8 Å². The zero-order valence-electron chi connectivity index (χ0n) is 13.8. The molecule has 2 aromatic rings. The summed E-state index contributed by atoms with van der Waals surface area (Å²) in [4.78, 5) is 15.7. The van der Waals surface area contributed by atoms with E-state index in [1.54, 1.807) is 25.1 Å². The molecule has 2 N–H and O–H groups in total. The van der Waals surface area contributed by atoms with E-state index in [9.17, 15) is 18.0 Å². The van der Waals surface area contributed by atoms with Crippen LogP contribution in [-0.2, 0) is 15.2 Å². The number of carbonyl (C=O) groups excluding carboxylic acids is 1. The van der Waals surface area contributed by atoms with Gasteiger partial charge in [0.1, 0.15) is 0 Å². The van der Waals surface area contributed by atoms with Crippen LogP contribution in [0.4, 0.5) is 18.9 Å². The Kier molecular flexibility index (Phi) is 5.12. The number of amides is 1. The van der Waals surface area contributed by atoms with Gasteiger partial charge in [0.25, 0.3) is 0 Å². The summed E-state index contributed by atoms with van der Waals surface area (Å²) < 4.78 is 41.9. The van der Waals surface area contributed by atoms with Gasteiger partial charge in [0, 0.05) is 26.9 Å². The van der Waals surface area contributed by atoms with Crippen LogP contribution in [0.25, 0.3) is 5.70 Å². The van der Waals surface area contributed by atoms with Crippen molar-refractivity contribution < 1.29 is 22.8 Å². The van der Waals surface area contributed by atoms with Crippen molar-refractivity contribution in [1.29, 1.82) is 0 Å². The van der Waals surface area contributed by atoms with Gasteiger partial charge in [0.15, 0.2) is 0 Å². The molecule has 142 valence electrons. The van der Waals surface area contributed by atoms with Crippen LogP contribution in [-0.4, -0.2) is 12.6 Å². The Hall–Kier alpha value is -2.22. The van der Waals surface area contributed by atoms with Crippen LogP contribution in [0.15, 0.2) is 42.5 Å². The second-order valence-electron chi connectivity index (χ2n) is 5.95. The molecule has 0 bridgehead atoms. The fourth-order valence-electron chi connectivity index (χ4n) is 2.76. The van der Waals surface area contributed by atoms with Crippen molar-refractivity contribution in [3.63, 3.8) is 0 Å². The number of alkyl halides is 3. The standard InChI is InChI=1S/C18H13Cl2F3N2O2/c1-10-2-3-11(4-15(10)24-9-26)16-8-17(27-25-16,18(21,22)23)12-5-13(19)7-14(20)6-12/h2-9,25H,1H3,(H,24,26). The van der Waals surface area contributed by atoms with Crippen LogP contribution in [0, 0.1) is 6.92 Å². The monoisotopic (exact) mass is 416 g/mol.